The number of hydrogen-bond acceptors (Lipinski definition) is 5. The van der Waals surface area contributed by atoms with Crippen LogP contribution in [0.15, 0.2) is 18.2 Å². The second-order valence-corrected chi connectivity index (χ2v) is 4.53. The second-order valence-electron chi connectivity index (χ2n) is 4.53. The Labute approximate surface area is 110 Å². The number of benzene rings is 1. The molecule has 19 heavy (non-hydrogen) atoms. The molecular formula is C12H15N3O4. The molecule has 1 heterocycles. The van der Waals surface area contributed by atoms with Crippen LogP contribution in [0.2, 0.25) is 0 Å². The van der Waals surface area contributed by atoms with Crippen molar-refractivity contribution in [2.24, 2.45) is 0 Å². The summed E-state index contributed by atoms with van der Waals surface area (Å²) < 4.78 is 0. The maximum atomic E-state index is 11.2. The number of carbonyl (C=O) groups is 1. The number of hydrogen-bond donors (Lipinski definition) is 1. The molecule has 0 aliphatic carbocycles. The fraction of sp³-hybridized carbons (Fsp3) is 0.417. The van der Waals surface area contributed by atoms with Crippen LogP contribution in [0.5, 0.6) is 0 Å². The van der Waals surface area contributed by atoms with E-state index >= 15 is 0 Å². The zero-order valence-electron chi connectivity index (χ0n) is 10.6. The van der Waals surface area contributed by atoms with Crippen molar-refractivity contribution < 1.29 is 14.8 Å². The van der Waals surface area contributed by atoms with Gasteiger partial charge in [0, 0.05) is 26.2 Å². The van der Waals surface area contributed by atoms with Crippen LogP contribution < -0.4 is 4.90 Å². The molecule has 0 atom stereocenters. The number of nitro groups is 1. The van der Waals surface area contributed by atoms with Gasteiger partial charge in [0.05, 0.1) is 4.92 Å². The SMILES string of the molecule is CN1CCN(c2cccc(C(=O)O)c2[N+](=O)[O-])CC1. The largest absolute Gasteiger partial charge is 0.477 e. The van der Waals surface area contributed by atoms with Crippen molar-refractivity contribution >= 4 is 17.3 Å². The summed E-state index contributed by atoms with van der Waals surface area (Å²) in [5.41, 5.74) is -0.195. The molecule has 0 saturated carbocycles. The van der Waals surface area contributed by atoms with Crippen molar-refractivity contribution in [3.63, 3.8) is 0 Å². The van der Waals surface area contributed by atoms with Gasteiger partial charge in [-0.3, -0.25) is 10.1 Å². The van der Waals surface area contributed by atoms with Crippen LogP contribution in [0.3, 0.4) is 0 Å². The average Bonchev–Trinajstić information content (AvgIpc) is 2.38. The number of para-hydroxylation sites is 1. The van der Waals surface area contributed by atoms with Crippen LogP contribution in [0.25, 0.3) is 0 Å². The first-order valence-electron chi connectivity index (χ1n) is 5.95. The zero-order valence-corrected chi connectivity index (χ0v) is 10.6. The van der Waals surface area contributed by atoms with Gasteiger partial charge in [0.25, 0.3) is 0 Å². The zero-order chi connectivity index (χ0) is 14.0. The number of nitrogens with zero attached hydrogens (tertiary/aromatic N) is 3. The van der Waals surface area contributed by atoms with Crippen molar-refractivity contribution in [1.29, 1.82) is 0 Å². The molecule has 7 nitrogen and oxygen atoms in total. The number of carboxylic acid groups (broad SMARTS) is 1. The lowest BCUT2D eigenvalue weighted by Gasteiger charge is -2.33. The van der Waals surface area contributed by atoms with E-state index < -0.39 is 10.9 Å². The van der Waals surface area contributed by atoms with Crippen LogP contribution in [-0.4, -0.2) is 54.1 Å². The Bertz CT molecular complexity index is 510. The number of nitro benzene ring substituents is 1. The van der Waals surface area contributed by atoms with E-state index in [0.717, 1.165) is 13.1 Å². The summed E-state index contributed by atoms with van der Waals surface area (Å²) in [4.78, 5) is 25.6. The van der Waals surface area contributed by atoms with Crippen LogP contribution in [0.4, 0.5) is 11.4 Å². The molecule has 1 N–H and O–H groups in total. The molecule has 1 aromatic rings. The van der Waals surface area contributed by atoms with E-state index in [1.807, 2.05) is 11.9 Å². The summed E-state index contributed by atoms with van der Waals surface area (Å²) in [6.07, 6.45) is 0. The van der Waals surface area contributed by atoms with Gasteiger partial charge < -0.3 is 14.9 Å². The monoisotopic (exact) mass is 265 g/mol. The predicted octanol–water partition coefficient (Wildman–Crippen LogP) is 1.04. The minimum Gasteiger partial charge on any atom is -0.477 e. The normalized spacial score (nSPS) is 16.4. The summed E-state index contributed by atoms with van der Waals surface area (Å²) in [6.45, 7) is 2.91. The topological polar surface area (TPSA) is 86.9 Å². The molecular weight excluding hydrogens is 250 g/mol. The summed E-state index contributed by atoms with van der Waals surface area (Å²) in [6, 6.07) is 4.42. The predicted molar refractivity (Wildman–Crippen MR) is 69.8 cm³/mol. The third-order valence-corrected chi connectivity index (χ3v) is 3.27. The van der Waals surface area contributed by atoms with Gasteiger partial charge in [-0.2, -0.15) is 0 Å². The molecule has 1 aliphatic rings. The number of piperazine rings is 1. The molecule has 1 aliphatic heterocycles. The average molecular weight is 265 g/mol. The smallest absolute Gasteiger partial charge is 0.342 e. The first-order valence-corrected chi connectivity index (χ1v) is 5.95. The van der Waals surface area contributed by atoms with Crippen molar-refractivity contribution in [1.82, 2.24) is 4.90 Å². The van der Waals surface area contributed by atoms with E-state index in [1.165, 1.54) is 6.07 Å². The highest BCUT2D eigenvalue weighted by Crippen LogP contribution is 2.32. The Morgan fingerprint density at radius 1 is 1.32 bits per heavy atom. The van der Waals surface area contributed by atoms with Gasteiger partial charge in [-0.05, 0) is 19.2 Å². The van der Waals surface area contributed by atoms with Crippen LogP contribution in [-0.2, 0) is 0 Å². The lowest BCUT2D eigenvalue weighted by molar-refractivity contribution is -0.384. The van der Waals surface area contributed by atoms with Gasteiger partial charge in [-0.15, -0.1) is 0 Å². The number of rotatable bonds is 3. The molecule has 1 aromatic carbocycles. The number of likely N-dealkylation sites (N-methyl/N-ethyl adjacent to an activating group) is 1. The Morgan fingerprint density at radius 2 is 1.95 bits per heavy atom. The summed E-state index contributed by atoms with van der Waals surface area (Å²) in [5, 5.41) is 20.2. The maximum absolute atomic E-state index is 11.2. The summed E-state index contributed by atoms with van der Waals surface area (Å²) >= 11 is 0. The molecule has 0 unspecified atom stereocenters. The highest BCUT2D eigenvalue weighted by atomic mass is 16.6. The van der Waals surface area contributed by atoms with Crippen molar-refractivity contribution in [2.45, 2.75) is 0 Å². The minimum atomic E-state index is -1.28. The van der Waals surface area contributed by atoms with Gasteiger partial charge in [-0.25, -0.2) is 4.79 Å². The third kappa shape index (κ3) is 2.65. The van der Waals surface area contributed by atoms with E-state index in [4.69, 9.17) is 5.11 Å². The summed E-state index contributed by atoms with van der Waals surface area (Å²) in [5.74, 6) is -1.28. The molecule has 102 valence electrons. The molecule has 0 amide bonds. The third-order valence-electron chi connectivity index (χ3n) is 3.27. The van der Waals surface area contributed by atoms with Crippen LogP contribution in [0.1, 0.15) is 10.4 Å². The molecule has 1 saturated heterocycles. The van der Waals surface area contributed by atoms with Crippen molar-refractivity contribution in [3.8, 4) is 0 Å². The van der Waals surface area contributed by atoms with Crippen molar-refractivity contribution in [3.05, 3.63) is 33.9 Å². The first kappa shape index (κ1) is 13.3. The number of anilines is 1. The molecule has 0 aromatic heterocycles. The number of aromatic carboxylic acids is 1. The first-order chi connectivity index (χ1) is 9.00. The highest BCUT2D eigenvalue weighted by molar-refractivity contribution is 5.95. The Kier molecular flexibility index (Phi) is 3.66. The van der Waals surface area contributed by atoms with Crippen molar-refractivity contribution in [2.75, 3.05) is 38.1 Å². The quantitative estimate of drug-likeness (QED) is 0.649. The molecule has 0 bridgehead atoms. The highest BCUT2D eigenvalue weighted by Gasteiger charge is 2.28. The summed E-state index contributed by atoms with van der Waals surface area (Å²) in [7, 11) is 1.99. The lowest BCUT2D eigenvalue weighted by atomic mass is 10.1. The number of carboxylic acids is 1. The molecule has 7 heteroatoms. The second kappa shape index (κ2) is 5.23. The van der Waals surface area contributed by atoms with E-state index in [0.29, 0.717) is 18.8 Å². The van der Waals surface area contributed by atoms with Gasteiger partial charge >= 0.3 is 11.7 Å². The standard InChI is InChI=1S/C12H15N3O4/c1-13-5-7-14(8-6-13)10-4-2-3-9(12(16)17)11(10)15(18)19/h2-4H,5-8H2,1H3,(H,16,17). The van der Waals surface area contributed by atoms with E-state index in [9.17, 15) is 14.9 Å². The Morgan fingerprint density at radius 3 is 2.47 bits per heavy atom. The van der Waals surface area contributed by atoms with Crippen LogP contribution >= 0.6 is 0 Å². The molecule has 0 radical (unpaired) electrons. The van der Waals surface area contributed by atoms with E-state index in [2.05, 4.69) is 4.90 Å². The van der Waals surface area contributed by atoms with Gasteiger partial charge in [0.1, 0.15) is 11.3 Å². The fourth-order valence-corrected chi connectivity index (χ4v) is 2.20. The molecule has 0 spiro atoms. The van der Waals surface area contributed by atoms with Gasteiger partial charge in [0.2, 0.25) is 0 Å². The molecule has 1 fully saturated rings. The Hall–Kier alpha value is -2.15. The fourth-order valence-electron chi connectivity index (χ4n) is 2.20. The molecule has 2 rings (SSSR count). The van der Waals surface area contributed by atoms with Crippen LogP contribution in [0, 0.1) is 10.1 Å². The Balaban J connectivity index is 2.42. The maximum Gasteiger partial charge on any atom is 0.342 e. The van der Waals surface area contributed by atoms with Gasteiger partial charge in [0.15, 0.2) is 0 Å². The van der Waals surface area contributed by atoms with E-state index in [1.54, 1.807) is 12.1 Å². The van der Waals surface area contributed by atoms with Gasteiger partial charge in [-0.1, -0.05) is 6.07 Å². The van der Waals surface area contributed by atoms with E-state index in [-0.39, 0.29) is 11.3 Å². The lowest BCUT2D eigenvalue weighted by Crippen LogP contribution is -2.44. The minimum absolute atomic E-state index is 0.263.